The summed E-state index contributed by atoms with van der Waals surface area (Å²) in [6, 6.07) is -1.71. The van der Waals surface area contributed by atoms with E-state index in [9.17, 15) is 22.8 Å². The highest BCUT2D eigenvalue weighted by Gasteiger charge is 2.42. The molecule has 1 aliphatic heterocycles. The van der Waals surface area contributed by atoms with Crippen molar-refractivity contribution in [2.24, 2.45) is 0 Å². The van der Waals surface area contributed by atoms with Gasteiger partial charge in [0.25, 0.3) is 0 Å². The Morgan fingerprint density at radius 1 is 1.45 bits per heavy atom. The van der Waals surface area contributed by atoms with E-state index in [1.54, 1.807) is 5.32 Å². The Bertz CT molecular complexity index is 530. The predicted molar refractivity (Wildman–Crippen MR) is 54.8 cm³/mol. The van der Waals surface area contributed by atoms with E-state index in [-0.39, 0.29) is 18.9 Å². The maximum Gasteiger partial charge on any atom is 0.471 e. The van der Waals surface area contributed by atoms with Gasteiger partial charge in [-0.25, -0.2) is 9.48 Å². The summed E-state index contributed by atoms with van der Waals surface area (Å²) in [7, 11) is 0. The van der Waals surface area contributed by atoms with Gasteiger partial charge < -0.3 is 15.2 Å². The quantitative estimate of drug-likeness (QED) is 0.785. The Balaban J connectivity index is 2.10. The van der Waals surface area contributed by atoms with Gasteiger partial charge >= 0.3 is 18.1 Å². The second-order valence-corrected chi connectivity index (χ2v) is 4.07. The van der Waals surface area contributed by atoms with Gasteiger partial charge in [0, 0.05) is 0 Å². The summed E-state index contributed by atoms with van der Waals surface area (Å²) >= 11 is 0. The molecule has 1 aromatic heterocycles. The van der Waals surface area contributed by atoms with Gasteiger partial charge in [0.1, 0.15) is 0 Å². The Hall–Kier alpha value is -2.17. The van der Waals surface area contributed by atoms with Crippen LogP contribution in [0.1, 0.15) is 16.5 Å². The molecular formula is C9H9F3N4O4. The number of amides is 1. The zero-order valence-electron chi connectivity index (χ0n) is 9.79. The Morgan fingerprint density at radius 2 is 2.15 bits per heavy atom. The summed E-state index contributed by atoms with van der Waals surface area (Å²) in [5.74, 6) is -3.40. The van der Waals surface area contributed by atoms with Gasteiger partial charge in [0.05, 0.1) is 31.5 Å². The van der Waals surface area contributed by atoms with Crippen LogP contribution in [-0.2, 0) is 9.53 Å². The number of rotatable bonds is 3. The fourth-order valence-electron chi connectivity index (χ4n) is 1.73. The van der Waals surface area contributed by atoms with Crippen LogP contribution in [0, 0.1) is 0 Å². The summed E-state index contributed by atoms with van der Waals surface area (Å²) in [5.41, 5.74) is -0.349. The molecule has 1 amide bonds. The zero-order chi connectivity index (χ0) is 14.9. The van der Waals surface area contributed by atoms with Crippen LogP contribution in [-0.4, -0.2) is 57.4 Å². The molecule has 2 rings (SSSR count). The third-order valence-corrected chi connectivity index (χ3v) is 2.69. The molecule has 0 bridgehead atoms. The van der Waals surface area contributed by atoms with Crippen LogP contribution in [0.2, 0.25) is 0 Å². The molecule has 0 unspecified atom stereocenters. The molecule has 8 nitrogen and oxygen atoms in total. The molecule has 0 saturated carbocycles. The molecule has 20 heavy (non-hydrogen) atoms. The number of carboxylic acids is 1. The molecule has 0 aromatic carbocycles. The van der Waals surface area contributed by atoms with Gasteiger partial charge in [-0.15, -0.1) is 5.10 Å². The standard InChI is InChI=1S/C9H9F3N4O4/c10-9(11,12)8(19)13-5-2-20-3-6(5)16-1-4(7(17)18)14-15-16/h1,5-6H,2-3H2,(H,13,19)(H,17,18)/t5-,6+/m1/s1. The SMILES string of the molecule is O=C(O)c1cn([C@H]2COC[C@H]2NC(=O)C(F)(F)F)nn1. The molecule has 2 N–H and O–H groups in total. The van der Waals surface area contributed by atoms with Gasteiger partial charge in [0.15, 0.2) is 5.69 Å². The van der Waals surface area contributed by atoms with Crippen molar-refractivity contribution in [2.45, 2.75) is 18.3 Å². The van der Waals surface area contributed by atoms with Gasteiger partial charge in [0.2, 0.25) is 0 Å². The molecule has 1 fully saturated rings. The number of nitrogens with one attached hydrogen (secondary N) is 1. The summed E-state index contributed by atoms with van der Waals surface area (Å²) in [4.78, 5) is 21.5. The monoisotopic (exact) mass is 294 g/mol. The minimum Gasteiger partial charge on any atom is -0.476 e. The van der Waals surface area contributed by atoms with Crippen LogP contribution < -0.4 is 5.32 Å². The van der Waals surface area contributed by atoms with Crippen molar-refractivity contribution in [3.63, 3.8) is 0 Å². The van der Waals surface area contributed by atoms with Gasteiger partial charge in [-0.3, -0.25) is 4.79 Å². The van der Waals surface area contributed by atoms with Crippen molar-refractivity contribution in [1.82, 2.24) is 20.3 Å². The van der Waals surface area contributed by atoms with Crippen LogP contribution in [0.25, 0.3) is 0 Å². The molecule has 0 radical (unpaired) electrons. The van der Waals surface area contributed by atoms with Crippen LogP contribution in [0.5, 0.6) is 0 Å². The number of nitrogens with zero attached hydrogens (tertiary/aromatic N) is 3. The number of alkyl halides is 3. The summed E-state index contributed by atoms with van der Waals surface area (Å²) < 4.78 is 42.6. The van der Waals surface area contributed by atoms with Crippen molar-refractivity contribution in [3.05, 3.63) is 11.9 Å². The van der Waals surface area contributed by atoms with Crippen molar-refractivity contribution in [3.8, 4) is 0 Å². The van der Waals surface area contributed by atoms with E-state index in [1.165, 1.54) is 0 Å². The Kier molecular flexibility index (Phi) is 3.61. The fourth-order valence-corrected chi connectivity index (χ4v) is 1.73. The molecule has 1 aliphatic rings. The number of carbonyl (C=O) groups is 2. The molecule has 110 valence electrons. The lowest BCUT2D eigenvalue weighted by atomic mass is 10.1. The average molecular weight is 294 g/mol. The number of hydrogen-bond donors (Lipinski definition) is 2. The van der Waals surface area contributed by atoms with E-state index in [1.807, 2.05) is 0 Å². The predicted octanol–water partition coefficient (Wildman–Crippen LogP) is -0.405. The van der Waals surface area contributed by atoms with Crippen molar-refractivity contribution >= 4 is 11.9 Å². The molecular weight excluding hydrogens is 285 g/mol. The van der Waals surface area contributed by atoms with Crippen molar-refractivity contribution in [2.75, 3.05) is 13.2 Å². The van der Waals surface area contributed by atoms with Gasteiger partial charge in [-0.1, -0.05) is 5.21 Å². The first-order valence-corrected chi connectivity index (χ1v) is 5.39. The van der Waals surface area contributed by atoms with Crippen LogP contribution >= 0.6 is 0 Å². The lowest BCUT2D eigenvalue weighted by Gasteiger charge is -2.19. The smallest absolute Gasteiger partial charge is 0.471 e. The number of halogens is 3. The van der Waals surface area contributed by atoms with Crippen LogP contribution in [0.4, 0.5) is 13.2 Å². The van der Waals surface area contributed by atoms with Crippen molar-refractivity contribution < 1.29 is 32.6 Å². The number of aromatic nitrogens is 3. The van der Waals surface area contributed by atoms with E-state index < -0.39 is 30.1 Å². The third-order valence-electron chi connectivity index (χ3n) is 2.69. The first kappa shape index (κ1) is 14.2. The van der Waals surface area contributed by atoms with Crippen LogP contribution in [0.3, 0.4) is 0 Å². The van der Waals surface area contributed by atoms with Crippen LogP contribution in [0.15, 0.2) is 6.20 Å². The first-order chi connectivity index (χ1) is 9.29. The lowest BCUT2D eigenvalue weighted by molar-refractivity contribution is -0.174. The number of carbonyl (C=O) groups excluding carboxylic acids is 1. The first-order valence-electron chi connectivity index (χ1n) is 5.39. The molecule has 2 atom stereocenters. The summed E-state index contributed by atoms with van der Waals surface area (Å²) in [5, 5.41) is 17.3. The second-order valence-electron chi connectivity index (χ2n) is 4.07. The van der Waals surface area contributed by atoms with Gasteiger partial charge in [-0.2, -0.15) is 13.2 Å². The van der Waals surface area contributed by atoms with Gasteiger partial charge in [-0.05, 0) is 0 Å². The highest BCUT2D eigenvalue weighted by atomic mass is 19.4. The topological polar surface area (TPSA) is 106 Å². The minimum absolute atomic E-state index is 0.00871. The number of aromatic carboxylic acids is 1. The van der Waals surface area contributed by atoms with E-state index >= 15 is 0 Å². The Labute approximate surface area is 109 Å². The van der Waals surface area contributed by atoms with E-state index in [2.05, 4.69) is 10.3 Å². The highest BCUT2D eigenvalue weighted by molar-refractivity contribution is 5.84. The highest BCUT2D eigenvalue weighted by Crippen LogP contribution is 2.21. The summed E-state index contributed by atoms with van der Waals surface area (Å²) in [6.07, 6.45) is -3.93. The van der Waals surface area contributed by atoms with E-state index in [0.717, 1.165) is 10.9 Å². The third kappa shape index (κ3) is 2.87. The maximum absolute atomic E-state index is 12.2. The molecule has 2 heterocycles. The lowest BCUT2D eigenvalue weighted by Crippen LogP contribution is -2.46. The van der Waals surface area contributed by atoms with E-state index in [4.69, 9.17) is 9.84 Å². The number of carboxylic acid groups (broad SMARTS) is 1. The minimum atomic E-state index is -5.00. The summed E-state index contributed by atoms with van der Waals surface area (Å²) in [6.45, 7) is -0.139. The zero-order valence-corrected chi connectivity index (χ0v) is 9.79. The molecule has 1 aromatic rings. The molecule has 0 aliphatic carbocycles. The van der Waals surface area contributed by atoms with Crippen molar-refractivity contribution in [1.29, 1.82) is 0 Å². The fraction of sp³-hybridized carbons (Fsp3) is 0.556. The molecule has 0 spiro atoms. The largest absolute Gasteiger partial charge is 0.476 e. The molecule has 1 saturated heterocycles. The normalized spacial score (nSPS) is 22.8. The number of hydrogen-bond acceptors (Lipinski definition) is 5. The van der Waals surface area contributed by atoms with E-state index in [0.29, 0.717) is 0 Å². The maximum atomic E-state index is 12.2. The molecule has 11 heteroatoms. The average Bonchev–Trinajstić information content (AvgIpc) is 2.94. The number of ether oxygens (including phenoxy) is 1. The Morgan fingerprint density at radius 3 is 2.70 bits per heavy atom. The second kappa shape index (κ2) is 5.07.